The molecule has 0 rings (SSSR count). The molecule has 5 heteroatoms. The minimum absolute atomic E-state index is 0. The van der Waals surface area contributed by atoms with Gasteiger partial charge >= 0.3 is 29.6 Å². The molecule has 0 amide bonds. The summed E-state index contributed by atoms with van der Waals surface area (Å²) < 4.78 is 0. The van der Waals surface area contributed by atoms with Crippen molar-refractivity contribution in [2.45, 2.75) is 32.1 Å². The predicted octanol–water partition coefficient (Wildman–Crippen LogP) is -1.94. The van der Waals surface area contributed by atoms with E-state index in [1.807, 2.05) is 0 Å². The van der Waals surface area contributed by atoms with Gasteiger partial charge in [0.2, 0.25) is 0 Å². The summed E-state index contributed by atoms with van der Waals surface area (Å²) in [6.07, 6.45) is 3.04. The van der Waals surface area contributed by atoms with E-state index in [4.69, 9.17) is 12.2 Å². The van der Waals surface area contributed by atoms with Crippen LogP contribution < -0.4 is 34.7 Å². The fourth-order valence-electron chi connectivity index (χ4n) is 0.787. The van der Waals surface area contributed by atoms with Gasteiger partial charge < -0.3 is 9.90 Å². The molecule has 0 saturated carbocycles. The van der Waals surface area contributed by atoms with Crippen LogP contribution in [0.25, 0.3) is 0 Å². The zero-order valence-electron chi connectivity index (χ0n) is 7.75. The van der Waals surface area contributed by atoms with E-state index in [1.54, 1.807) is 5.37 Å². The Morgan fingerprint density at radius 2 is 1.85 bits per heavy atom. The molecule has 0 spiro atoms. The number of carboxylic acid groups (broad SMARTS) is 1. The second-order valence-electron chi connectivity index (χ2n) is 2.49. The summed E-state index contributed by atoms with van der Waals surface area (Å²) in [6.45, 7) is 0. The van der Waals surface area contributed by atoms with E-state index in [9.17, 15) is 9.90 Å². The topological polar surface area (TPSA) is 40.1 Å². The maximum Gasteiger partial charge on any atom is 1.00 e. The maximum atomic E-state index is 10.0. The average molecular weight is 226 g/mol. The molecule has 0 atom stereocenters. The summed E-state index contributed by atoms with van der Waals surface area (Å²) in [5, 5.41) is 11.6. The first-order valence-electron chi connectivity index (χ1n) is 3.82. The molecular formula is C8H11NaO2S2. The molecule has 0 fully saturated rings. The number of carbonyl (C=O) groups excluding carboxylic acids is 1. The number of hydrogen-bond acceptors (Lipinski definition) is 4. The van der Waals surface area contributed by atoms with E-state index >= 15 is 0 Å². The van der Waals surface area contributed by atoms with Crippen LogP contribution in [0.4, 0.5) is 0 Å². The van der Waals surface area contributed by atoms with Crippen LogP contribution in [0.3, 0.4) is 0 Å². The van der Waals surface area contributed by atoms with E-state index in [-0.39, 0.29) is 36.0 Å². The smallest absolute Gasteiger partial charge is 0.550 e. The Bertz CT molecular complexity index is 183. The van der Waals surface area contributed by atoms with Crippen LogP contribution in [-0.2, 0) is 4.79 Å². The first kappa shape index (κ1) is 16.1. The van der Waals surface area contributed by atoms with Crippen LogP contribution >= 0.6 is 24.4 Å². The van der Waals surface area contributed by atoms with Crippen LogP contribution in [0.5, 0.6) is 0 Å². The third-order valence-electron chi connectivity index (χ3n) is 1.40. The molecule has 0 N–H and O–H groups in total. The van der Waals surface area contributed by atoms with Gasteiger partial charge in [0, 0.05) is 12.4 Å². The number of rotatable bonds is 7. The molecule has 0 saturated heterocycles. The van der Waals surface area contributed by atoms with Crippen LogP contribution in [-0.4, -0.2) is 16.2 Å². The maximum absolute atomic E-state index is 10.0. The monoisotopic (exact) mass is 226 g/mol. The average Bonchev–Trinajstić information content (AvgIpc) is 1.98. The summed E-state index contributed by atoms with van der Waals surface area (Å²) in [4.78, 5) is 10.9. The Balaban J connectivity index is 0. The largest absolute Gasteiger partial charge is 1.00 e. The van der Waals surface area contributed by atoms with Crippen molar-refractivity contribution >= 4 is 40.6 Å². The van der Waals surface area contributed by atoms with Gasteiger partial charge in [-0.3, -0.25) is 0 Å². The summed E-state index contributed by atoms with van der Waals surface area (Å²) >= 11 is 9.60. The molecule has 0 aliphatic carbocycles. The first-order chi connectivity index (χ1) is 5.66. The van der Waals surface area contributed by atoms with Crippen molar-refractivity contribution in [2.75, 3.05) is 0 Å². The van der Waals surface area contributed by atoms with E-state index < -0.39 is 5.97 Å². The van der Waals surface area contributed by atoms with Gasteiger partial charge in [-0.15, -0.1) is 0 Å². The molecule has 0 aromatic heterocycles. The normalized spacial score (nSPS) is 8.62. The quantitative estimate of drug-likeness (QED) is 0.288. The van der Waals surface area contributed by atoms with E-state index in [0.29, 0.717) is 12.8 Å². The van der Waals surface area contributed by atoms with Crippen molar-refractivity contribution < 1.29 is 39.5 Å². The molecule has 13 heavy (non-hydrogen) atoms. The van der Waals surface area contributed by atoms with Gasteiger partial charge in [-0.25, -0.2) is 0 Å². The molecule has 0 unspecified atom stereocenters. The molecule has 0 aliphatic heterocycles. The third-order valence-corrected chi connectivity index (χ3v) is 1.93. The van der Waals surface area contributed by atoms with E-state index in [1.165, 1.54) is 0 Å². The van der Waals surface area contributed by atoms with Gasteiger partial charge in [0.25, 0.3) is 0 Å². The Morgan fingerprint density at radius 3 is 2.31 bits per heavy atom. The predicted molar refractivity (Wildman–Crippen MR) is 54.3 cm³/mol. The summed E-state index contributed by atoms with van der Waals surface area (Å²) in [7, 11) is 0. The number of carbonyl (C=O) groups is 1. The Labute approximate surface area is 111 Å². The fraction of sp³-hybridized carbons (Fsp3) is 0.625. The van der Waals surface area contributed by atoms with Gasteiger partial charge in [0.1, 0.15) is 0 Å². The van der Waals surface area contributed by atoms with Crippen LogP contribution in [0.15, 0.2) is 0 Å². The Kier molecular flexibility index (Phi) is 13.3. The van der Waals surface area contributed by atoms with Crippen LogP contribution in [0.1, 0.15) is 32.1 Å². The van der Waals surface area contributed by atoms with Crippen molar-refractivity contribution in [2.24, 2.45) is 0 Å². The van der Waals surface area contributed by atoms with Gasteiger partial charge in [-0.1, -0.05) is 24.4 Å². The number of hydrogen-bond donors (Lipinski definition) is 0. The van der Waals surface area contributed by atoms with Crippen molar-refractivity contribution in [1.29, 1.82) is 0 Å². The van der Waals surface area contributed by atoms with Crippen molar-refractivity contribution in [1.82, 2.24) is 0 Å². The van der Waals surface area contributed by atoms with Gasteiger partial charge in [-0.05, 0) is 35.9 Å². The molecule has 0 aromatic rings. The van der Waals surface area contributed by atoms with Crippen LogP contribution in [0, 0.1) is 0 Å². The number of aliphatic carboxylic acids is 1. The van der Waals surface area contributed by atoms with E-state index in [2.05, 4.69) is 12.2 Å². The SMILES string of the molecule is O=C([O-])CCCCC(=S)CC=S.[Na+]. The Hall–Kier alpha value is 0.650. The third kappa shape index (κ3) is 12.6. The summed E-state index contributed by atoms with van der Waals surface area (Å²) in [6, 6.07) is 0. The molecule has 0 heterocycles. The molecule has 0 radical (unpaired) electrons. The minimum atomic E-state index is -0.990. The molecule has 68 valence electrons. The standard InChI is InChI=1S/C8H12O2S2.Na/c9-8(10)4-2-1-3-7(12)5-6-11;/h6H,1-5H2,(H,9,10);/q;+1/p-1. The van der Waals surface area contributed by atoms with Crippen molar-refractivity contribution in [3.63, 3.8) is 0 Å². The van der Waals surface area contributed by atoms with Crippen molar-refractivity contribution in [3.05, 3.63) is 0 Å². The zero-order valence-corrected chi connectivity index (χ0v) is 11.4. The number of unbranched alkanes of at least 4 members (excludes halogenated alkanes) is 1. The van der Waals surface area contributed by atoms with Crippen molar-refractivity contribution in [3.8, 4) is 0 Å². The first-order valence-corrected chi connectivity index (χ1v) is 4.70. The van der Waals surface area contributed by atoms with E-state index in [0.717, 1.165) is 17.7 Å². The summed E-state index contributed by atoms with van der Waals surface area (Å²) in [5.74, 6) is -0.990. The summed E-state index contributed by atoms with van der Waals surface area (Å²) in [5.41, 5.74) is 0. The zero-order chi connectivity index (χ0) is 9.40. The van der Waals surface area contributed by atoms with Gasteiger partial charge in [-0.2, -0.15) is 0 Å². The molecule has 0 aromatic carbocycles. The molecular weight excluding hydrogens is 215 g/mol. The second-order valence-corrected chi connectivity index (χ2v) is 3.40. The number of carboxylic acids is 1. The second kappa shape index (κ2) is 10.7. The molecule has 0 aliphatic rings. The minimum Gasteiger partial charge on any atom is -0.550 e. The molecule has 2 nitrogen and oxygen atoms in total. The fourth-order valence-corrected chi connectivity index (χ4v) is 1.32. The van der Waals surface area contributed by atoms with Crippen LogP contribution in [0.2, 0.25) is 0 Å². The number of thiocarbonyl (C=S) groups is 2. The Morgan fingerprint density at radius 1 is 1.31 bits per heavy atom. The molecule has 0 bridgehead atoms. The van der Waals surface area contributed by atoms with Gasteiger partial charge in [0.05, 0.1) is 0 Å². The van der Waals surface area contributed by atoms with Gasteiger partial charge in [0.15, 0.2) is 0 Å².